The fourth-order valence-corrected chi connectivity index (χ4v) is 8.13. The highest BCUT2D eigenvalue weighted by Gasteiger charge is 2.99. The SMILES string of the molecule is CC1C2C(C)C3(C)C(C)C4C(C)C1(C)C243. The summed E-state index contributed by atoms with van der Waals surface area (Å²) in [6.07, 6.45) is 0. The molecule has 84 valence electrons. The fourth-order valence-electron chi connectivity index (χ4n) is 8.13. The van der Waals surface area contributed by atoms with Crippen LogP contribution in [0.15, 0.2) is 0 Å². The molecule has 0 amide bonds. The van der Waals surface area contributed by atoms with E-state index in [4.69, 9.17) is 0 Å². The predicted molar refractivity (Wildman–Crippen MR) is 62.3 cm³/mol. The summed E-state index contributed by atoms with van der Waals surface area (Å²) in [7, 11) is 0. The molecule has 4 atom stereocenters. The minimum Gasteiger partial charge on any atom is -0.0617 e. The Hall–Kier alpha value is 0. The second-order valence-electron chi connectivity index (χ2n) is 7.64. The average Bonchev–Trinajstić information content (AvgIpc) is 2.23. The molecule has 4 unspecified atom stereocenters. The van der Waals surface area contributed by atoms with Crippen LogP contribution in [-0.4, -0.2) is 0 Å². The van der Waals surface area contributed by atoms with Crippen LogP contribution in [0, 0.1) is 51.8 Å². The highest BCUT2D eigenvalue weighted by atomic mass is 15.0. The maximum absolute atomic E-state index is 2.60. The molecule has 0 N–H and O–H groups in total. The van der Waals surface area contributed by atoms with Crippen molar-refractivity contribution in [2.75, 3.05) is 0 Å². The van der Waals surface area contributed by atoms with Gasteiger partial charge in [0.15, 0.2) is 0 Å². The summed E-state index contributed by atoms with van der Waals surface area (Å²) >= 11 is 0. The van der Waals surface area contributed by atoms with Gasteiger partial charge in [-0.2, -0.15) is 0 Å². The van der Waals surface area contributed by atoms with E-state index in [9.17, 15) is 0 Å². The zero-order valence-electron chi connectivity index (χ0n) is 11.0. The van der Waals surface area contributed by atoms with Crippen molar-refractivity contribution in [3.8, 4) is 0 Å². The molecule has 0 aromatic carbocycles. The molecule has 0 heterocycles. The van der Waals surface area contributed by atoms with E-state index in [1.54, 1.807) is 0 Å². The Balaban J connectivity index is 1.87. The maximum Gasteiger partial charge on any atom is -0.0112 e. The number of hydrogen-bond acceptors (Lipinski definition) is 0. The molecule has 0 aromatic heterocycles. The molecule has 4 fully saturated rings. The van der Waals surface area contributed by atoms with Crippen molar-refractivity contribution in [1.29, 1.82) is 0 Å². The first-order valence-electron chi connectivity index (χ1n) is 6.87. The Bertz CT molecular complexity index is 310. The Morgan fingerprint density at radius 2 is 0.867 bits per heavy atom. The van der Waals surface area contributed by atoms with Gasteiger partial charge in [0.1, 0.15) is 0 Å². The fraction of sp³-hybridized carbons (Fsp3) is 1.00. The van der Waals surface area contributed by atoms with E-state index < -0.39 is 0 Å². The van der Waals surface area contributed by atoms with Gasteiger partial charge < -0.3 is 0 Å². The predicted octanol–water partition coefficient (Wildman–Crippen LogP) is 3.82. The van der Waals surface area contributed by atoms with Gasteiger partial charge in [-0.05, 0) is 51.8 Å². The Kier molecular flexibility index (Phi) is 1.10. The van der Waals surface area contributed by atoms with E-state index in [1.807, 2.05) is 0 Å². The van der Waals surface area contributed by atoms with Crippen molar-refractivity contribution in [3.63, 3.8) is 0 Å². The summed E-state index contributed by atoms with van der Waals surface area (Å²) in [6, 6.07) is 0. The van der Waals surface area contributed by atoms with Crippen LogP contribution in [0.2, 0.25) is 0 Å². The highest BCUT2D eigenvalue weighted by molar-refractivity contribution is 5.45. The molecule has 4 aliphatic rings. The first kappa shape index (κ1) is 9.07. The van der Waals surface area contributed by atoms with Crippen LogP contribution >= 0.6 is 0 Å². The van der Waals surface area contributed by atoms with E-state index in [-0.39, 0.29) is 0 Å². The topological polar surface area (TPSA) is 0 Å². The second kappa shape index (κ2) is 1.83. The third kappa shape index (κ3) is 0.411. The zero-order valence-corrected chi connectivity index (χ0v) is 11.0. The average molecular weight is 204 g/mol. The van der Waals surface area contributed by atoms with Gasteiger partial charge in [-0.3, -0.25) is 0 Å². The molecule has 0 radical (unpaired) electrons. The monoisotopic (exact) mass is 204 g/mol. The summed E-state index contributed by atoms with van der Waals surface area (Å²) in [4.78, 5) is 0. The van der Waals surface area contributed by atoms with Gasteiger partial charge in [-0.1, -0.05) is 41.5 Å². The molecule has 0 heteroatoms. The lowest BCUT2D eigenvalue weighted by atomic mass is 9.01. The van der Waals surface area contributed by atoms with Gasteiger partial charge in [0.25, 0.3) is 0 Å². The van der Waals surface area contributed by atoms with Crippen LogP contribution in [0.3, 0.4) is 0 Å². The summed E-state index contributed by atoms with van der Waals surface area (Å²) in [5.74, 6) is 6.17. The zero-order chi connectivity index (χ0) is 11.0. The number of rotatable bonds is 0. The minimum atomic E-state index is 0.718. The van der Waals surface area contributed by atoms with Crippen molar-refractivity contribution >= 4 is 0 Å². The van der Waals surface area contributed by atoms with Gasteiger partial charge in [0, 0.05) is 0 Å². The normalized spacial score (nSPS) is 82.8. The molecule has 4 aliphatic carbocycles. The molecule has 4 saturated carbocycles. The second-order valence-corrected chi connectivity index (χ2v) is 7.64. The quantitative estimate of drug-likeness (QED) is 0.563. The summed E-state index contributed by atoms with van der Waals surface area (Å²) < 4.78 is 0. The van der Waals surface area contributed by atoms with Crippen LogP contribution in [-0.2, 0) is 0 Å². The molecule has 0 bridgehead atoms. The lowest BCUT2D eigenvalue weighted by molar-refractivity contribution is -0.566. The maximum atomic E-state index is 2.60. The first-order chi connectivity index (χ1) is 6.87. The molecule has 4 rings (SSSR count). The van der Waals surface area contributed by atoms with Crippen molar-refractivity contribution in [3.05, 3.63) is 0 Å². The lowest BCUT2D eigenvalue weighted by Gasteiger charge is -3.03. The molecule has 0 aromatic rings. The van der Waals surface area contributed by atoms with Gasteiger partial charge in [-0.15, -0.1) is 0 Å². The Labute approximate surface area is 93.8 Å². The smallest absolute Gasteiger partial charge is 0.0112 e. The molecule has 0 saturated heterocycles. The van der Waals surface area contributed by atoms with Crippen LogP contribution in [0.4, 0.5) is 0 Å². The Morgan fingerprint density at radius 3 is 1.13 bits per heavy atom. The Morgan fingerprint density at radius 1 is 0.600 bits per heavy atom. The molecule has 0 nitrogen and oxygen atoms in total. The van der Waals surface area contributed by atoms with Crippen LogP contribution in [0.25, 0.3) is 0 Å². The molecular formula is C15H24. The first-order valence-corrected chi connectivity index (χ1v) is 6.87. The van der Waals surface area contributed by atoms with Gasteiger partial charge in [0.2, 0.25) is 0 Å². The van der Waals surface area contributed by atoms with Gasteiger partial charge in [-0.25, -0.2) is 0 Å². The van der Waals surface area contributed by atoms with E-state index >= 15 is 0 Å². The molecule has 15 heavy (non-hydrogen) atoms. The van der Waals surface area contributed by atoms with Crippen LogP contribution in [0.1, 0.15) is 41.5 Å². The van der Waals surface area contributed by atoms with Crippen molar-refractivity contribution in [1.82, 2.24) is 0 Å². The van der Waals surface area contributed by atoms with Crippen LogP contribution < -0.4 is 0 Å². The number of hydrogen-bond donors (Lipinski definition) is 0. The van der Waals surface area contributed by atoms with Crippen molar-refractivity contribution in [2.24, 2.45) is 51.8 Å². The largest absolute Gasteiger partial charge is 0.0617 e. The van der Waals surface area contributed by atoms with E-state index in [0.717, 1.165) is 51.8 Å². The standard InChI is InChI=1S/C15H24/c1-7-11-8(2)14(6)10(4)12-9(3)13(7,5)15(11,12)14/h7-12H,1-6H3. The third-order valence-corrected chi connectivity index (χ3v) is 8.77. The molecular weight excluding hydrogens is 180 g/mol. The van der Waals surface area contributed by atoms with Crippen molar-refractivity contribution < 1.29 is 0 Å². The molecule has 0 aliphatic heterocycles. The van der Waals surface area contributed by atoms with Gasteiger partial charge >= 0.3 is 0 Å². The molecule has 1 spiro atoms. The van der Waals surface area contributed by atoms with E-state index in [0.29, 0.717) is 0 Å². The van der Waals surface area contributed by atoms with E-state index in [1.165, 1.54) is 0 Å². The van der Waals surface area contributed by atoms with Gasteiger partial charge in [0.05, 0.1) is 0 Å². The summed E-state index contributed by atoms with van der Waals surface area (Å²) in [5, 5.41) is 0. The highest BCUT2D eigenvalue weighted by Crippen LogP contribution is 3.02. The summed E-state index contributed by atoms with van der Waals surface area (Å²) in [5.41, 5.74) is 2.25. The third-order valence-electron chi connectivity index (χ3n) is 8.77. The minimum absolute atomic E-state index is 0.718. The van der Waals surface area contributed by atoms with Crippen molar-refractivity contribution in [2.45, 2.75) is 41.5 Å². The summed E-state index contributed by atoms with van der Waals surface area (Å²) in [6.45, 7) is 15.3. The van der Waals surface area contributed by atoms with Crippen LogP contribution in [0.5, 0.6) is 0 Å². The van der Waals surface area contributed by atoms with E-state index in [2.05, 4.69) is 41.5 Å². The lowest BCUT2D eigenvalue weighted by Crippen LogP contribution is -2.99.